The van der Waals surface area contributed by atoms with E-state index in [9.17, 15) is 18.0 Å². The zero-order valence-corrected chi connectivity index (χ0v) is 15.0. The van der Waals surface area contributed by atoms with E-state index in [1.165, 1.54) is 4.90 Å². The molecule has 0 radical (unpaired) electrons. The van der Waals surface area contributed by atoms with Crippen molar-refractivity contribution in [2.75, 3.05) is 13.2 Å². The number of hydrogen-bond donors (Lipinski definition) is 1. The number of imide groups is 1. The summed E-state index contributed by atoms with van der Waals surface area (Å²) in [6.45, 7) is 0.279. The van der Waals surface area contributed by atoms with Crippen molar-refractivity contribution in [1.82, 2.24) is 4.90 Å². The number of likely N-dealkylation sites (tertiary alicyclic amines) is 1. The third-order valence-electron chi connectivity index (χ3n) is 6.93. The number of hydrogen-bond acceptors (Lipinski definition) is 5. The minimum Gasteiger partial charge on any atom is -0.282 e. The van der Waals surface area contributed by atoms with Gasteiger partial charge in [0.25, 0.3) is 0 Å². The Balaban J connectivity index is 1.45. The van der Waals surface area contributed by atoms with E-state index in [1.807, 2.05) is 0 Å². The lowest BCUT2D eigenvalue weighted by molar-refractivity contribution is -0.142. The lowest BCUT2D eigenvalue weighted by Crippen LogP contribution is -2.40. The number of rotatable bonds is 5. The molecule has 25 heavy (non-hydrogen) atoms. The van der Waals surface area contributed by atoms with Crippen molar-refractivity contribution in [3.05, 3.63) is 0 Å². The van der Waals surface area contributed by atoms with E-state index in [0.717, 1.165) is 44.9 Å². The molecule has 140 valence electrons. The van der Waals surface area contributed by atoms with E-state index in [2.05, 4.69) is 4.18 Å². The molecular weight excluding hydrogens is 346 g/mol. The van der Waals surface area contributed by atoms with Gasteiger partial charge >= 0.3 is 10.4 Å². The first-order valence-electron chi connectivity index (χ1n) is 9.32. The summed E-state index contributed by atoms with van der Waals surface area (Å²) in [7, 11) is -4.46. The van der Waals surface area contributed by atoms with Gasteiger partial charge in [0.1, 0.15) is 0 Å². The molecule has 2 bridgehead atoms. The Bertz CT molecular complexity index is 649. The highest BCUT2D eigenvalue weighted by Crippen LogP contribution is 2.56. The van der Waals surface area contributed by atoms with E-state index >= 15 is 0 Å². The number of carbonyl (C=O) groups excluding carboxylic acids is 2. The fourth-order valence-electron chi connectivity index (χ4n) is 5.80. The second kappa shape index (κ2) is 6.32. The van der Waals surface area contributed by atoms with Crippen LogP contribution >= 0.6 is 0 Å². The van der Waals surface area contributed by atoms with Crippen molar-refractivity contribution in [2.24, 2.45) is 35.5 Å². The highest BCUT2D eigenvalue weighted by atomic mass is 32.3. The monoisotopic (exact) mass is 371 g/mol. The standard InChI is InChI=1S/C17H25NO6S/c19-16-14-10-5-6-11(7-10)15(14)17(20)18(16)8-12-3-1-2-4-13(12)9-24-25(21,22)23/h10-15H,1-9H2,(H,21,22,23)/t10-,11+,12-,13-,14+,15-/m0/s1. The Morgan fingerprint density at radius 1 is 0.960 bits per heavy atom. The molecule has 0 aromatic carbocycles. The van der Waals surface area contributed by atoms with E-state index in [0.29, 0.717) is 18.4 Å². The summed E-state index contributed by atoms with van der Waals surface area (Å²) in [6.07, 6.45) is 6.75. The predicted molar refractivity (Wildman–Crippen MR) is 87.5 cm³/mol. The molecule has 6 atom stereocenters. The van der Waals surface area contributed by atoms with E-state index < -0.39 is 10.4 Å². The van der Waals surface area contributed by atoms with Gasteiger partial charge in [0.2, 0.25) is 11.8 Å². The molecule has 3 aliphatic carbocycles. The van der Waals surface area contributed by atoms with Crippen LogP contribution < -0.4 is 0 Å². The third kappa shape index (κ3) is 3.13. The topological polar surface area (TPSA) is 101 Å². The van der Waals surface area contributed by atoms with Gasteiger partial charge in [-0.1, -0.05) is 12.8 Å². The molecule has 4 aliphatic rings. The highest BCUT2D eigenvalue weighted by molar-refractivity contribution is 7.80. The van der Waals surface area contributed by atoms with Gasteiger partial charge in [-0.3, -0.25) is 19.0 Å². The average Bonchev–Trinajstić information content (AvgIpc) is 3.23. The van der Waals surface area contributed by atoms with E-state index in [4.69, 9.17) is 4.55 Å². The quantitative estimate of drug-likeness (QED) is 0.582. The minimum absolute atomic E-state index is 0.0118. The van der Waals surface area contributed by atoms with Crippen LogP contribution in [0.2, 0.25) is 0 Å². The van der Waals surface area contributed by atoms with Crippen molar-refractivity contribution >= 4 is 22.2 Å². The average molecular weight is 371 g/mol. The maximum atomic E-state index is 12.8. The van der Waals surface area contributed by atoms with Gasteiger partial charge in [-0.05, 0) is 55.8 Å². The molecule has 4 rings (SSSR count). The molecule has 1 N–H and O–H groups in total. The molecule has 0 spiro atoms. The third-order valence-corrected chi connectivity index (χ3v) is 7.37. The van der Waals surface area contributed by atoms with Crippen LogP contribution in [0.3, 0.4) is 0 Å². The SMILES string of the molecule is O=C1[C@@H]2[C@H]3CC[C@H](C3)[C@@H]2C(=O)N1C[C@@H]1CCCC[C@H]1COS(=O)(=O)O. The Hall–Kier alpha value is -0.990. The molecule has 4 fully saturated rings. The molecule has 2 amide bonds. The van der Waals surface area contributed by atoms with Gasteiger partial charge < -0.3 is 0 Å². The van der Waals surface area contributed by atoms with Crippen molar-refractivity contribution in [3.8, 4) is 0 Å². The summed E-state index contributed by atoms with van der Waals surface area (Å²) < 4.78 is 35.1. The zero-order valence-electron chi connectivity index (χ0n) is 14.2. The van der Waals surface area contributed by atoms with Crippen LogP contribution in [0.4, 0.5) is 0 Å². The zero-order chi connectivity index (χ0) is 17.8. The van der Waals surface area contributed by atoms with Gasteiger partial charge in [-0.15, -0.1) is 0 Å². The summed E-state index contributed by atoms with van der Waals surface area (Å²) in [4.78, 5) is 27.1. The van der Waals surface area contributed by atoms with E-state index in [1.54, 1.807) is 0 Å². The van der Waals surface area contributed by atoms with Crippen LogP contribution in [0.5, 0.6) is 0 Å². The molecule has 1 heterocycles. The van der Waals surface area contributed by atoms with Crippen molar-refractivity contribution in [3.63, 3.8) is 0 Å². The lowest BCUT2D eigenvalue weighted by Gasteiger charge is -2.33. The second-order valence-electron chi connectivity index (χ2n) is 8.19. The number of amides is 2. The molecule has 0 aromatic heterocycles. The molecule has 1 aliphatic heterocycles. The molecule has 1 saturated heterocycles. The Morgan fingerprint density at radius 2 is 1.52 bits per heavy atom. The maximum Gasteiger partial charge on any atom is 0.397 e. The van der Waals surface area contributed by atoms with Crippen molar-refractivity contribution < 1.29 is 26.7 Å². The first-order chi connectivity index (χ1) is 11.8. The van der Waals surface area contributed by atoms with Gasteiger partial charge in [-0.25, -0.2) is 4.18 Å². The molecular formula is C17H25NO6S. The number of carbonyl (C=O) groups is 2. The largest absolute Gasteiger partial charge is 0.397 e. The molecule has 0 unspecified atom stereocenters. The maximum absolute atomic E-state index is 12.8. The van der Waals surface area contributed by atoms with Crippen molar-refractivity contribution in [2.45, 2.75) is 44.9 Å². The Kier molecular flexibility index (Phi) is 4.40. The van der Waals surface area contributed by atoms with Crippen molar-refractivity contribution in [1.29, 1.82) is 0 Å². The van der Waals surface area contributed by atoms with Crippen LogP contribution in [-0.2, 0) is 24.2 Å². The summed E-state index contributed by atoms with van der Waals surface area (Å²) in [5, 5.41) is 0. The summed E-state index contributed by atoms with van der Waals surface area (Å²) in [5.41, 5.74) is 0. The predicted octanol–water partition coefficient (Wildman–Crippen LogP) is 1.64. The summed E-state index contributed by atoms with van der Waals surface area (Å²) in [6, 6.07) is 0. The van der Waals surface area contributed by atoms with Crippen LogP contribution in [0.1, 0.15) is 44.9 Å². The Morgan fingerprint density at radius 3 is 2.08 bits per heavy atom. The second-order valence-corrected chi connectivity index (χ2v) is 9.28. The van der Waals surface area contributed by atoms with Gasteiger partial charge in [0.05, 0.1) is 18.4 Å². The molecule has 8 heteroatoms. The minimum atomic E-state index is -4.46. The van der Waals surface area contributed by atoms with Crippen LogP contribution in [0, 0.1) is 35.5 Å². The number of nitrogens with zero attached hydrogens (tertiary/aromatic N) is 1. The lowest BCUT2D eigenvalue weighted by atomic mass is 9.79. The first-order valence-corrected chi connectivity index (χ1v) is 10.7. The summed E-state index contributed by atoms with van der Waals surface area (Å²) >= 11 is 0. The van der Waals surface area contributed by atoms with Crippen LogP contribution in [0.25, 0.3) is 0 Å². The smallest absolute Gasteiger partial charge is 0.282 e. The van der Waals surface area contributed by atoms with Gasteiger partial charge in [0, 0.05) is 6.54 Å². The normalized spacial score (nSPS) is 40.8. The molecule has 3 saturated carbocycles. The highest BCUT2D eigenvalue weighted by Gasteiger charge is 2.61. The Labute approximate surface area is 148 Å². The fourth-order valence-corrected chi connectivity index (χ4v) is 6.15. The number of fused-ring (bicyclic) bond motifs is 5. The molecule has 0 aromatic rings. The first kappa shape index (κ1) is 17.4. The summed E-state index contributed by atoms with van der Waals surface area (Å²) in [5.74, 6) is 0.491. The molecule has 7 nitrogen and oxygen atoms in total. The van der Waals surface area contributed by atoms with Crippen LogP contribution in [0.15, 0.2) is 0 Å². The van der Waals surface area contributed by atoms with Crippen LogP contribution in [-0.4, -0.2) is 42.8 Å². The van der Waals surface area contributed by atoms with Gasteiger partial charge in [-0.2, -0.15) is 8.42 Å². The van der Waals surface area contributed by atoms with E-state index in [-0.39, 0.29) is 42.1 Å². The van der Waals surface area contributed by atoms with Gasteiger partial charge in [0.15, 0.2) is 0 Å². The fraction of sp³-hybridized carbons (Fsp3) is 0.882.